The van der Waals surface area contributed by atoms with Crippen LogP contribution in [0.15, 0.2) is 34.2 Å². The van der Waals surface area contributed by atoms with Gasteiger partial charge in [0.25, 0.3) is 5.89 Å². The van der Waals surface area contributed by atoms with Crippen LogP contribution in [0.2, 0.25) is 0 Å². The summed E-state index contributed by atoms with van der Waals surface area (Å²) in [5, 5.41) is 10.4. The van der Waals surface area contributed by atoms with Gasteiger partial charge < -0.3 is 14.6 Å². The molecule has 1 N–H and O–H groups in total. The van der Waals surface area contributed by atoms with Gasteiger partial charge in [-0.1, -0.05) is 12.1 Å². The van der Waals surface area contributed by atoms with Crippen molar-refractivity contribution in [1.29, 1.82) is 0 Å². The number of rotatable bonds is 6. The summed E-state index contributed by atoms with van der Waals surface area (Å²) < 4.78 is 11.1. The zero-order valence-electron chi connectivity index (χ0n) is 15.5. The second kappa shape index (κ2) is 8.16. The molecule has 3 heterocycles. The molecule has 1 aromatic carbocycles. The first kappa shape index (κ1) is 18.1. The van der Waals surface area contributed by atoms with Crippen LogP contribution in [0.4, 0.5) is 0 Å². The lowest BCUT2D eigenvalue weighted by molar-refractivity contribution is 0.190. The molecule has 1 aliphatic rings. The molecule has 1 saturated heterocycles. The van der Waals surface area contributed by atoms with E-state index in [9.17, 15) is 0 Å². The molecule has 2 aromatic heterocycles. The van der Waals surface area contributed by atoms with Gasteiger partial charge in [-0.05, 0) is 37.7 Å². The summed E-state index contributed by atoms with van der Waals surface area (Å²) in [5.41, 5.74) is 1.76. The lowest BCUT2D eigenvalue weighted by atomic mass is 10.2. The maximum atomic E-state index is 5.63. The summed E-state index contributed by atoms with van der Waals surface area (Å²) in [7, 11) is 2.08. The van der Waals surface area contributed by atoms with Crippen molar-refractivity contribution in [3.8, 4) is 27.9 Å². The third-order valence-corrected chi connectivity index (χ3v) is 5.44. The number of hydrogen-bond donors (Lipinski definition) is 1. The maximum Gasteiger partial charge on any atom is 0.277 e. The minimum absolute atomic E-state index is 0.130. The van der Waals surface area contributed by atoms with Crippen molar-refractivity contribution in [3.05, 3.63) is 35.5 Å². The van der Waals surface area contributed by atoms with E-state index >= 15 is 0 Å². The van der Waals surface area contributed by atoms with Crippen LogP contribution >= 0.6 is 11.3 Å². The van der Waals surface area contributed by atoms with E-state index in [2.05, 4.69) is 39.3 Å². The normalized spacial score (nSPS) is 17.9. The zero-order chi connectivity index (χ0) is 18.6. The monoisotopic (exact) mass is 385 g/mol. The molecule has 1 aliphatic heterocycles. The standard InChI is InChI=1S/C19H23N5O2S/c1-3-10-25-14-6-4-13(5-7-14)19-21-15(12-27-19)18-22-17(23-26-18)16-11-20-8-9-24(16)2/h4-7,12,16,20H,3,8-11H2,1-2H3. The SMILES string of the molecule is CCCOc1ccc(-c2nc(-c3nc(C4CNCCN4C)no3)cs2)cc1. The van der Waals surface area contributed by atoms with Crippen LogP contribution in [0, 0.1) is 0 Å². The number of benzene rings is 1. The zero-order valence-corrected chi connectivity index (χ0v) is 16.3. The summed E-state index contributed by atoms with van der Waals surface area (Å²) in [4.78, 5) is 11.5. The number of thiazole rings is 1. The van der Waals surface area contributed by atoms with Crippen LogP contribution in [0.25, 0.3) is 22.2 Å². The van der Waals surface area contributed by atoms with Crippen molar-refractivity contribution in [1.82, 2.24) is 25.3 Å². The van der Waals surface area contributed by atoms with Gasteiger partial charge in [0.1, 0.15) is 16.5 Å². The molecule has 1 unspecified atom stereocenters. The Morgan fingerprint density at radius 1 is 1.30 bits per heavy atom. The fourth-order valence-corrected chi connectivity index (χ4v) is 3.79. The van der Waals surface area contributed by atoms with Crippen LogP contribution in [0.3, 0.4) is 0 Å². The molecule has 27 heavy (non-hydrogen) atoms. The molecule has 7 nitrogen and oxygen atoms in total. The number of nitrogens with zero attached hydrogens (tertiary/aromatic N) is 4. The van der Waals surface area contributed by atoms with Gasteiger partial charge in [0.2, 0.25) is 0 Å². The Labute approximate surface area is 162 Å². The molecule has 0 saturated carbocycles. The molecule has 1 atom stereocenters. The smallest absolute Gasteiger partial charge is 0.277 e. The van der Waals surface area contributed by atoms with Crippen LogP contribution in [-0.2, 0) is 0 Å². The van der Waals surface area contributed by atoms with E-state index in [1.165, 1.54) is 0 Å². The number of ether oxygens (including phenoxy) is 1. The molecule has 3 aromatic rings. The molecular formula is C19H23N5O2S. The number of nitrogens with one attached hydrogen (secondary N) is 1. The average molecular weight is 385 g/mol. The van der Waals surface area contributed by atoms with E-state index in [0.717, 1.165) is 49.0 Å². The number of piperazine rings is 1. The molecule has 142 valence electrons. The van der Waals surface area contributed by atoms with Crippen molar-refractivity contribution in [2.75, 3.05) is 33.3 Å². The Hall–Kier alpha value is -2.29. The summed E-state index contributed by atoms with van der Waals surface area (Å²) in [6.07, 6.45) is 0.997. The molecule has 0 radical (unpaired) electrons. The van der Waals surface area contributed by atoms with E-state index in [4.69, 9.17) is 9.26 Å². The minimum atomic E-state index is 0.130. The molecule has 0 bridgehead atoms. The minimum Gasteiger partial charge on any atom is -0.494 e. The van der Waals surface area contributed by atoms with Crippen molar-refractivity contribution in [2.24, 2.45) is 0 Å². The van der Waals surface area contributed by atoms with Gasteiger partial charge in [0.15, 0.2) is 5.82 Å². The Balaban J connectivity index is 1.49. The second-order valence-corrected chi connectivity index (χ2v) is 7.43. The predicted molar refractivity (Wildman–Crippen MR) is 105 cm³/mol. The van der Waals surface area contributed by atoms with E-state index < -0.39 is 0 Å². The van der Waals surface area contributed by atoms with Crippen molar-refractivity contribution >= 4 is 11.3 Å². The van der Waals surface area contributed by atoms with Crippen LogP contribution in [0.5, 0.6) is 5.75 Å². The van der Waals surface area contributed by atoms with Gasteiger partial charge >= 0.3 is 0 Å². The summed E-state index contributed by atoms with van der Waals surface area (Å²) in [6.45, 7) is 5.59. The number of likely N-dealkylation sites (N-methyl/N-ethyl adjacent to an activating group) is 1. The van der Waals surface area contributed by atoms with Crippen molar-refractivity contribution in [2.45, 2.75) is 19.4 Å². The molecule has 4 rings (SSSR count). The molecule has 0 amide bonds. The van der Waals surface area contributed by atoms with E-state index in [1.807, 2.05) is 29.6 Å². The molecule has 0 aliphatic carbocycles. The Morgan fingerprint density at radius 2 is 2.15 bits per heavy atom. The third kappa shape index (κ3) is 4.02. The molecule has 8 heteroatoms. The van der Waals surface area contributed by atoms with Gasteiger partial charge in [-0.15, -0.1) is 11.3 Å². The Morgan fingerprint density at radius 3 is 2.93 bits per heavy atom. The Bertz CT molecular complexity index is 876. The van der Waals surface area contributed by atoms with Gasteiger partial charge in [-0.25, -0.2) is 4.98 Å². The highest BCUT2D eigenvalue weighted by atomic mass is 32.1. The van der Waals surface area contributed by atoms with Crippen LogP contribution < -0.4 is 10.1 Å². The Kier molecular flexibility index (Phi) is 5.47. The van der Waals surface area contributed by atoms with E-state index in [-0.39, 0.29) is 6.04 Å². The summed E-state index contributed by atoms with van der Waals surface area (Å²) >= 11 is 1.56. The highest BCUT2D eigenvalue weighted by molar-refractivity contribution is 7.13. The van der Waals surface area contributed by atoms with Gasteiger partial charge in [-0.3, -0.25) is 4.90 Å². The second-order valence-electron chi connectivity index (χ2n) is 6.57. The molecule has 1 fully saturated rings. The highest BCUT2D eigenvalue weighted by Crippen LogP contribution is 2.30. The van der Waals surface area contributed by atoms with Crippen LogP contribution in [0.1, 0.15) is 25.2 Å². The molecule has 0 spiro atoms. The number of hydrogen-bond acceptors (Lipinski definition) is 8. The quantitative estimate of drug-likeness (QED) is 0.698. The summed E-state index contributed by atoms with van der Waals surface area (Å²) in [6, 6.07) is 8.13. The van der Waals surface area contributed by atoms with Gasteiger partial charge in [0.05, 0.1) is 12.6 Å². The lowest BCUT2D eigenvalue weighted by Gasteiger charge is -2.30. The van der Waals surface area contributed by atoms with E-state index in [0.29, 0.717) is 17.4 Å². The first-order chi connectivity index (χ1) is 13.2. The predicted octanol–water partition coefficient (Wildman–Crippen LogP) is 3.23. The average Bonchev–Trinajstić information content (AvgIpc) is 3.37. The first-order valence-corrected chi connectivity index (χ1v) is 10.1. The highest BCUT2D eigenvalue weighted by Gasteiger charge is 2.26. The fraction of sp³-hybridized carbons (Fsp3) is 0.421. The largest absolute Gasteiger partial charge is 0.494 e. The van der Waals surface area contributed by atoms with Crippen molar-refractivity contribution < 1.29 is 9.26 Å². The van der Waals surface area contributed by atoms with Gasteiger partial charge in [-0.2, -0.15) is 4.98 Å². The molecular weight excluding hydrogens is 362 g/mol. The van der Waals surface area contributed by atoms with E-state index in [1.54, 1.807) is 11.3 Å². The lowest BCUT2D eigenvalue weighted by Crippen LogP contribution is -2.44. The fourth-order valence-electron chi connectivity index (χ4n) is 2.99. The maximum absolute atomic E-state index is 5.63. The van der Waals surface area contributed by atoms with Crippen LogP contribution in [-0.4, -0.2) is 53.3 Å². The van der Waals surface area contributed by atoms with Crippen molar-refractivity contribution in [3.63, 3.8) is 0 Å². The third-order valence-electron chi connectivity index (χ3n) is 4.55. The first-order valence-electron chi connectivity index (χ1n) is 9.18. The topological polar surface area (TPSA) is 76.3 Å². The number of aromatic nitrogens is 3. The summed E-state index contributed by atoms with van der Waals surface area (Å²) in [5.74, 6) is 2.05. The van der Waals surface area contributed by atoms with Gasteiger partial charge in [0, 0.05) is 30.6 Å².